The van der Waals surface area contributed by atoms with Crippen molar-refractivity contribution < 1.29 is 13.2 Å². The molecular weight excluding hydrogens is 276 g/mol. The molecule has 5 nitrogen and oxygen atoms in total. The van der Waals surface area contributed by atoms with Crippen LogP contribution in [0.25, 0.3) is 0 Å². The third-order valence-corrected chi connectivity index (χ3v) is 5.26. The van der Waals surface area contributed by atoms with Crippen molar-refractivity contribution in [1.82, 2.24) is 4.72 Å². The van der Waals surface area contributed by atoms with Crippen molar-refractivity contribution in [3.63, 3.8) is 0 Å². The van der Waals surface area contributed by atoms with Crippen LogP contribution in [0.5, 0.6) is 0 Å². The number of rotatable bonds is 4. The van der Waals surface area contributed by atoms with Crippen LogP contribution in [0, 0.1) is 0 Å². The first kappa shape index (κ1) is 15.3. The predicted octanol–water partition coefficient (Wildman–Crippen LogP) is 1.68. The number of aryl methyl sites for hydroxylation is 1. The first-order chi connectivity index (χ1) is 9.36. The summed E-state index contributed by atoms with van der Waals surface area (Å²) in [7, 11) is -3.58. The molecule has 0 amide bonds. The van der Waals surface area contributed by atoms with Crippen molar-refractivity contribution in [2.75, 3.05) is 18.9 Å². The maximum Gasteiger partial charge on any atom is 0.241 e. The van der Waals surface area contributed by atoms with Crippen molar-refractivity contribution in [2.24, 2.45) is 0 Å². The first-order valence-corrected chi connectivity index (χ1v) is 8.35. The van der Waals surface area contributed by atoms with E-state index in [1.165, 1.54) is 6.07 Å². The fourth-order valence-corrected chi connectivity index (χ4v) is 3.92. The zero-order valence-corrected chi connectivity index (χ0v) is 12.8. The lowest BCUT2D eigenvalue weighted by Crippen LogP contribution is -2.51. The van der Waals surface area contributed by atoms with E-state index in [2.05, 4.69) is 4.72 Å². The Morgan fingerprint density at radius 2 is 2.20 bits per heavy atom. The Hall–Kier alpha value is -1.11. The molecular formula is C14H22N2O3S. The van der Waals surface area contributed by atoms with Crippen LogP contribution in [0.3, 0.4) is 0 Å². The van der Waals surface area contributed by atoms with E-state index < -0.39 is 15.6 Å². The standard InChI is InChI=1S/C14H22N2O3S/c1-3-11-5-6-12(9-13(11)15)20(17,18)16-14(2)7-4-8-19-10-14/h5-6,9,16H,3-4,7-8,10,15H2,1-2H3. The number of anilines is 1. The fraction of sp³-hybridized carbons (Fsp3) is 0.571. The Bertz CT molecular complexity index is 578. The molecule has 0 bridgehead atoms. The SMILES string of the molecule is CCc1ccc(S(=O)(=O)NC2(C)CCCOC2)cc1N. The lowest BCUT2D eigenvalue weighted by atomic mass is 9.97. The minimum absolute atomic E-state index is 0.207. The second kappa shape index (κ2) is 5.71. The molecule has 1 aliphatic heterocycles. The van der Waals surface area contributed by atoms with Gasteiger partial charge in [0.2, 0.25) is 10.0 Å². The summed E-state index contributed by atoms with van der Waals surface area (Å²) in [5.41, 5.74) is 6.80. The van der Waals surface area contributed by atoms with E-state index >= 15 is 0 Å². The van der Waals surface area contributed by atoms with Crippen LogP contribution in [-0.2, 0) is 21.2 Å². The van der Waals surface area contributed by atoms with Gasteiger partial charge in [-0.1, -0.05) is 13.0 Å². The average Bonchev–Trinajstić information content (AvgIpc) is 2.38. The molecule has 1 atom stereocenters. The van der Waals surface area contributed by atoms with E-state index in [0.717, 1.165) is 24.8 Å². The topological polar surface area (TPSA) is 81.4 Å². The number of ether oxygens (including phenoxy) is 1. The zero-order valence-electron chi connectivity index (χ0n) is 12.0. The van der Waals surface area contributed by atoms with Crippen molar-refractivity contribution in [3.05, 3.63) is 23.8 Å². The number of nitrogens with one attached hydrogen (secondary N) is 1. The van der Waals surface area contributed by atoms with Gasteiger partial charge in [-0.2, -0.15) is 0 Å². The number of hydrogen-bond donors (Lipinski definition) is 2. The van der Waals surface area contributed by atoms with Gasteiger partial charge in [-0.15, -0.1) is 0 Å². The molecule has 1 saturated heterocycles. The number of nitrogen functional groups attached to an aromatic ring is 1. The molecule has 0 spiro atoms. The maximum atomic E-state index is 12.4. The molecule has 0 aliphatic carbocycles. The van der Waals surface area contributed by atoms with Crippen LogP contribution in [0.1, 0.15) is 32.3 Å². The molecule has 0 saturated carbocycles. The van der Waals surface area contributed by atoms with E-state index in [0.29, 0.717) is 18.9 Å². The third kappa shape index (κ3) is 3.31. The Labute approximate surface area is 120 Å². The second-order valence-corrected chi connectivity index (χ2v) is 7.22. The molecule has 1 aromatic carbocycles. The molecule has 0 aromatic heterocycles. The summed E-state index contributed by atoms with van der Waals surface area (Å²) in [4.78, 5) is 0.207. The van der Waals surface area contributed by atoms with Crippen LogP contribution in [0.2, 0.25) is 0 Å². The highest BCUT2D eigenvalue weighted by Gasteiger charge is 2.33. The van der Waals surface area contributed by atoms with Gasteiger partial charge in [-0.25, -0.2) is 13.1 Å². The molecule has 20 heavy (non-hydrogen) atoms. The monoisotopic (exact) mass is 298 g/mol. The summed E-state index contributed by atoms with van der Waals surface area (Å²) in [5, 5.41) is 0. The largest absolute Gasteiger partial charge is 0.398 e. The van der Waals surface area contributed by atoms with Gasteiger partial charge >= 0.3 is 0 Å². The van der Waals surface area contributed by atoms with E-state index in [1.807, 2.05) is 13.8 Å². The lowest BCUT2D eigenvalue weighted by molar-refractivity contribution is 0.0386. The van der Waals surface area contributed by atoms with Crippen LogP contribution in [-0.4, -0.2) is 27.2 Å². The van der Waals surface area contributed by atoms with Gasteiger partial charge in [0.1, 0.15) is 0 Å². The van der Waals surface area contributed by atoms with Gasteiger partial charge in [-0.05, 0) is 43.9 Å². The third-order valence-electron chi connectivity index (χ3n) is 3.63. The summed E-state index contributed by atoms with van der Waals surface area (Å²) in [5.74, 6) is 0. The summed E-state index contributed by atoms with van der Waals surface area (Å²) in [6, 6.07) is 4.89. The minimum atomic E-state index is -3.58. The van der Waals surface area contributed by atoms with Crippen LogP contribution >= 0.6 is 0 Å². The molecule has 0 radical (unpaired) electrons. The smallest absolute Gasteiger partial charge is 0.241 e. The Balaban J connectivity index is 2.24. The van der Waals surface area contributed by atoms with Crippen molar-refractivity contribution in [2.45, 2.75) is 43.5 Å². The second-order valence-electron chi connectivity index (χ2n) is 5.54. The fourth-order valence-electron chi connectivity index (χ4n) is 2.46. The normalized spacial score (nSPS) is 23.7. The molecule has 112 valence electrons. The molecule has 1 aromatic rings. The molecule has 6 heteroatoms. The summed E-state index contributed by atoms with van der Waals surface area (Å²) in [6.45, 7) is 4.94. The highest BCUT2D eigenvalue weighted by Crippen LogP contribution is 2.23. The van der Waals surface area contributed by atoms with Crippen LogP contribution < -0.4 is 10.5 Å². The van der Waals surface area contributed by atoms with Gasteiger partial charge in [0.15, 0.2) is 0 Å². The molecule has 1 heterocycles. The Morgan fingerprint density at radius 1 is 1.45 bits per heavy atom. The number of nitrogens with two attached hydrogens (primary N) is 1. The van der Waals surface area contributed by atoms with Gasteiger partial charge in [0.25, 0.3) is 0 Å². The molecule has 1 fully saturated rings. The highest BCUT2D eigenvalue weighted by molar-refractivity contribution is 7.89. The van der Waals surface area contributed by atoms with Crippen molar-refractivity contribution in [1.29, 1.82) is 0 Å². The van der Waals surface area contributed by atoms with E-state index in [4.69, 9.17) is 10.5 Å². The molecule has 3 N–H and O–H groups in total. The number of benzene rings is 1. The van der Waals surface area contributed by atoms with Crippen LogP contribution in [0.4, 0.5) is 5.69 Å². The van der Waals surface area contributed by atoms with E-state index in [-0.39, 0.29) is 4.90 Å². The average molecular weight is 298 g/mol. The summed E-state index contributed by atoms with van der Waals surface area (Å²) < 4.78 is 33.0. The highest BCUT2D eigenvalue weighted by atomic mass is 32.2. The van der Waals surface area contributed by atoms with Gasteiger partial charge < -0.3 is 10.5 Å². The first-order valence-electron chi connectivity index (χ1n) is 6.86. The predicted molar refractivity (Wildman–Crippen MR) is 79.0 cm³/mol. The zero-order chi connectivity index (χ0) is 14.8. The van der Waals surface area contributed by atoms with Crippen molar-refractivity contribution in [3.8, 4) is 0 Å². The number of sulfonamides is 1. The van der Waals surface area contributed by atoms with Crippen molar-refractivity contribution >= 4 is 15.7 Å². The number of hydrogen-bond acceptors (Lipinski definition) is 4. The maximum absolute atomic E-state index is 12.4. The van der Waals surface area contributed by atoms with E-state index in [9.17, 15) is 8.42 Å². The summed E-state index contributed by atoms with van der Waals surface area (Å²) in [6.07, 6.45) is 2.41. The summed E-state index contributed by atoms with van der Waals surface area (Å²) >= 11 is 0. The quantitative estimate of drug-likeness (QED) is 0.829. The van der Waals surface area contributed by atoms with Gasteiger partial charge in [0.05, 0.1) is 17.0 Å². The Morgan fingerprint density at radius 3 is 2.75 bits per heavy atom. The lowest BCUT2D eigenvalue weighted by Gasteiger charge is -2.33. The van der Waals surface area contributed by atoms with Crippen LogP contribution in [0.15, 0.2) is 23.1 Å². The molecule has 1 unspecified atom stereocenters. The van der Waals surface area contributed by atoms with Gasteiger partial charge in [0, 0.05) is 12.3 Å². The minimum Gasteiger partial charge on any atom is -0.398 e. The van der Waals surface area contributed by atoms with E-state index in [1.54, 1.807) is 12.1 Å². The molecule has 1 aliphatic rings. The Kier molecular flexibility index (Phi) is 4.36. The molecule has 2 rings (SSSR count). The van der Waals surface area contributed by atoms with Gasteiger partial charge in [-0.3, -0.25) is 0 Å².